The summed E-state index contributed by atoms with van der Waals surface area (Å²) in [4.78, 5) is 10.3. The Morgan fingerprint density at radius 1 is 1.33 bits per heavy atom. The molecule has 0 aliphatic carbocycles. The molecule has 0 bridgehead atoms. The Bertz CT molecular complexity index is 318. The van der Waals surface area contributed by atoms with Gasteiger partial charge in [-0.15, -0.1) is 0 Å². The van der Waals surface area contributed by atoms with Crippen molar-refractivity contribution in [1.29, 1.82) is 0 Å². The zero-order valence-corrected chi connectivity index (χ0v) is 9.45. The quantitative estimate of drug-likeness (QED) is 0.668. The molecule has 0 N–H and O–H groups in total. The van der Waals surface area contributed by atoms with Crippen LogP contribution < -0.4 is 0 Å². The lowest BCUT2D eigenvalue weighted by molar-refractivity contribution is -0.107. The highest BCUT2D eigenvalue weighted by atomic mass is 16.5. The van der Waals surface area contributed by atoms with Crippen LogP contribution in [0.4, 0.5) is 0 Å². The van der Waals surface area contributed by atoms with Crippen LogP contribution in [-0.2, 0) is 22.4 Å². The van der Waals surface area contributed by atoms with Crippen LogP contribution in [0.5, 0.6) is 0 Å². The van der Waals surface area contributed by atoms with Gasteiger partial charge < -0.3 is 9.53 Å². The van der Waals surface area contributed by atoms with E-state index < -0.39 is 0 Å². The second kappa shape index (κ2) is 6.36. The summed E-state index contributed by atoms with van der Waals surface area (Å²) >= 11 is 0. The molecule has 0 atom stereocenters. The van der Waals surface area contributed by atoms with Gasteiger partial charge in [0.1, 0.15) is 6.29 Å². The van der Waals surface area contributed by atoms with Crippen LogP contribution in [0.15, 0.2) is 18.2 Å². The minimum Gasteiger partial charge on any atom is -0.384 e. The van der Waals surface area contributed by atoms with Crippen LogP contribution in [0.3, 0.4) is 0 Å². The molecule has 2 nitrogen and oxygen atoms in total. The first-order chi connectivity index (χ1) is 7.27. The number of rotatable bonds is 6. The lowest BCUT2D eigenvalue weighted by atomic mass is 10.0. The minimum atomic E-state index is 0.609. The summed E-state index contributed by atoms with van der Waals surface area (Å²) in [5.74, 6) is 0. The Hall–Kier alpha value is -1.15. The van der Waals surface area contributed by atoms with Gasteiger partial charge in [-0.25, -0.2) is 0 Å². The molecule has 15 heavy (non-hydrogen) atoms. The van der Waals surface area contributed by atoms with E-state index in [1.807, 2.05) is 0 Å². The molecule has 82 valence electrons. The Morgan fingerprint density at radius 3 is 2.73 bits per heavy atom. The molecule has 1 aromatic carbocycles. The molecule has 2 heteroatoms. The maximum absolute atomic E-state index is 10.3. The predicted octanol–water partition coefficient (Wildman–Crippen LogP) is 2.32. The second-order valence-electron chi connectivity index (χ2n) is 3.71. The van der Waals surface area contributed by atoms with Crippen molar-refractivity contribution in [2.75, 3.05) is 13.7 Å². The van der Waals surface area contributed by atoms with Crippen molar-refractivity contribution < 1.29 is 9.53 Å². The standard InChI is InChI=1S/C13H18O2/c1-11-10-12(7-9-15-2)5-6-13(11)4-3-8-14/h5-6,8,10H,3-4,7,9H2,1-2H3. The van der Waals surface area contributed by atoms with Gasteiger partial charge in [0.05, 0.1) is 6.61 Å². The third-order valence-corrected chi connectivity index (χ3v) is 2.53. The van der Waals surface area contributed by atoms with Gasteiger partial charge >= 0.3 is 0 Å². The molecular formula is C13H18O2. The lowest BCUT2D eigenvalue weighted by Gasteiger charge is -2.07. The molecule has 0 fully saturated rings. The summed E-state index contributed by atoms with van der Waals surface area (Å²) in [5.41, 5.74) is 3.83. The molecule has 0 unspecified atom stereocenters. The topological polar surface area (TPSA) is 26.3 Å². The fourth-order valence-corrected chi connectivity index (χ4v) is 1.63. The Morgan fingerprint density at radius 2 is 2.13 bits per heavy atom. The molecule has 1 rings (SSSR count). The highest BCUT2D eigenvalue weighted by Crippen LogP contribution is 2.13. The van der Waals surface area contributed by atoms with E-state index in [4.69, 9.17) is 4.74 Å². The number of methoxy groups -OCH3 is 1. The van der Waals surface area contributed by atoms with Crippen LogP contribution >= 0.6 is 0 Å². The van der Waals surface area contributed by atoms with Crippen molar-refractivity contribution in [3.8, 4) is 0 Å². The summed E-state index contributed by atoms with van der Waals surface area (Å²) in [6.45, 7) is 2.85. The minimum absolute atomic E-state index is 0.609. The molecule has 0 saturated heterocycles. The Balaban J connectivity index is 2.65. The van der Waals surface area contributed by atoms with Crippen molar-refractivity contribution in [2.45, 2.75) is 26.2 Å². The molecule has 0 aromatic heterocycles. The van der Waals surface area contributed by atoms with E-state index in [1.54, 1.807) is 7.11 Å². The van der Waals surface area contributed by atoms with Crippen LogP contribution in [0.25, 0.3) is 0 Å². The molecule has 1 aromatic rings. The first-order valence-corrected chi connectivity index (χ1v) is 5.29. The number of aldehydes is 1. The predicted molar refractivity (Wildman–Crippen MR) is 61.1 cm³/mol. The smallest absolute Gasteiger partial charge is 0.120 e. The summed E-state index contributed by atoms with van der Waals surface area (Å²) in [5, 5.41) is 0. The highest BCUT2D eigenvalue weighted by molar-refractivity contribution is 5.50. The van der Waals surface area contributed by atoms with Gasteiger partial charge in [0.15, 0.2) is 0 Å². The molecule has 0 saturated carbocycles. The van der Waals surface area contributed by atoms with E-state index in [-0.39, 0.29) is 0 Å². The van der Waals surface area contributed by atoms with Crippen LogP contribution in [-0.4, -0.2) is 20.0 Å². The SMILES string of the molecule is COCCc1ccc(CCC=O)c(C)c1. The third kappa shape index (κ3) is 3.84. The fraction of sp³-hybridized carbons (Fsp3) is 0.462. The van der Waals surface area contributed by atoms with Gasteiger partial charge in [0.25, 0.3) is 0 Å². The monoisotopic (exact) mass is 206 g/mol. The van der Waals surface area contributed by atoms with E-state index in [2.05, 4.69) is 25.1 Å². The summed E-state index contributed by atoms with van der Waals surface area (Å²) in [6, 6.07) is 6.41. The lowest BCUT2D eigenvalue weighted by Crippen LogP contribution is -1.97. The molecule has 0 amide bonds. The molecule has 0 heterocycles. The van der Waals surface area contributed by atoms with E-state index in [0.717, 1.165) is 25.7 Å². The number of hydrogen-bond donors (Lipinski definition) is 0. The Labute approximate surface area is 91.3 Å². The van der Waals surface area contributed by atoms with Gasteiger partial charge in [0.2, 0.25) is 0 Å². The van der Waals surface area contributed by atoms with Gasteiger partial charge in [-0.05, 0) is 36.5 Å². The zero-order chi connectivity index (χ0) is 11.1. The number of benzene rings is 1. The normalized spacial score (nSPS) is 10.3. The molecule has 0 aliphatic heterocycles. The van der Waals surface area contributed by atoms with Crippen molar-refractivity contribution in [2.24, 2.45) is 0 Å². The largest absolute Gasteiger partial charge is 0.384 e. The van der Waals surface area contributed by atoms with E-state index in [9.17, 15) is 4.79 Å². The van der Waals surface area contributed by atoms with Crippen LogP contribution in [0, 0.1) is 6.92 Å². The number of carbonyl (C=O) groups is 1. The van der Waals surface area contributed by atoms with Crippen molar-refractivity contribution in [1.82, 2.24) is 0 Å². The van der Waals surface area contributed by atoms with Crippen molar-refractivity contribution in [3.63, 3.8) is 0 Å². The van der Waals surface area contributed by atoms with Crippen molar-refractivity contribution in [3.05, 3.63) is 34.9 Å². The summed E-state index contributed by atoms with van der Waals surface area (Å²) in [6.07, 6.45) is 3.38. The third-order valence-electron chi connectivity index (χ3n) is 2.53. The number of carbonyl (C=O) groups excluding carboxylic acids is 1. The number of ether oxygens (including phenoxy) is 1. The molecule has 0 radical (unpaired) electrons. The fourth-order valence-electron chi connectivity index (χ4n) is 1.63. The van der Waals surface area contributed by atoms with Gasteiger partial charge in [-0.1, -0.05) is 18.2 Å². The second-order valence-corrected chi connectivity index (χ2v) is 3.71. The first-order valence-electron chi connectivity index (χ1n) is 5.29. The Kier molecular flexibility index (Phi) is 5.05. The van der Waals surface area contributed by atoms with Crippen LogP contribution in [0.2, 0.25) is 0 Å². The van der Waals surface area contributed by atoms with Gasteiger partial charge in [0, 0.05) is 13.5 Å². The summed E-state index contributed by atoms with van der Waals surface area (Å²) in [7, 11) is 1.71. The van der Waals surface area contributed by atoms with Crippen LogP contribution in [0.1, 0.15) is 23.1 Å². The van der Waals surface area contributed by atoms with E-state index in [1.165, 1.54) is 16.7 Å². The maximum atomic E-state index is 10.3. The van der Waals surface area contributed by atoms with E-state index >= 15 is 0 Å². The highest BCUT2D eigenvalue weighted by Gasteiger charge is 2.00. The molecule has 0 aliphatic rings. The van der Waals surface area contributed by atoms with Gasteiger partial charge in [-0.2, -0.15) is 0 Å². The first kappa shape index (κ1) is 11.9. The zero-order valence-electron chi connectivity index (χ0n) is 9.45. The van der Waals surface area contributed by atoms with Crippen molar-refractivity contribution >= 4 is 6.29 Å². The maximum Gasteiger partial charge on any atom is 0.120 e. The average Bonchev–Trinajstić information content (AvgIpc) is 2.25. The molecular weight excluding hydrogens is 188 g/mol. The molecule has 0 spiro atoms. The number of hydrogen-bond acceptors (Lipinski definition) is 2. The average molecular weight is 206 g/mol. The summed E-state index contributed by atoms with van der Waals surface area (Å²) < 4.78 is 5.03. The number of aryl methyl sites for hydroxylation is 2. The van der Waals surface area contributed by atoms with Gasteiger partial charge in [-0.3, -0.25) is 0 Å². The van der Waals surface area contributed by atoms with E-state index in [0.29, 0.717) is 6.42 Å².